The van der Waals surface area contributed by atoms with Crippen molar-refractivity contribution in [2.75, 3.05) is 13.1 Å². The van der Waals surface area contributed by atoms with Crippen molar-refractivity contribution in [3.63, 3.8) is 0 Å². The summed E-state index contributed by atoms with van der Waals surface area (Å²) in [6, 6.07) is 0. The summed E-state index contributed by atoms with van der Waals surface area (Å²) in [5, 5.41) is 0. The monoisotopic (exact) mass is 218 g/mol. The third-order valence-electron chi connectivity index (χ3n) is 2.63. The summed E-state index contributed by atoms with van der Waals surface area (Å²) in [5.41, 5.74) is 1.12. The molecule has 0 N–H and O–H groups in total. The van der Waals surface area contributed by atoms with Crippen LogP contribution < -0.4 is 0 Å². The summed E-state index contributed by atoms with van der Waals surface area (Å²) in [7, 11) is 0. The van der Waals surface area contributed by atoms with Crippen LogP contribution in [0.15, 0.2) is 42.2 Å². The van der Waals surface area contributed by atoms with E-state index >= 15 is 0 Å². The molecule has 0 spiro atoms. The molecule has 1 heterocycles. The summed E-state index contributed by atoms with van der Waals surface area (Å²) in [4.78, 5) is 6.78. The van der Waals surface area contributed by atoms with E-state index < -0.39 is 0 Å². The molecule has 1 saturated heterocycles. The highest BCUT2D eigenvalue weighted by Gasteiger charge is 2.07. The fourth-order valence-corrected chi connectivity index (χ4v) is 1.65. The Labute approximate surface area is 99.1 Å². The average molecular weight is 218 g/mol. The Hall–Kier alpha value is -1.31. The van der Waals surface area contributed by atoms with Crippen molar-refractivity contribution < 1.29 is 0 Å². The molecule has 0 unspecified atom stereocenters. The van der Waals surface area contributed by atoms with Crippen LogP contribution in [0.2, 0.25) is 0 Å². The maximum Gasteiger partial charge on any atom is 0.0443 e. The standard InChI is InChI=1S/C14H22N2/c1-4-5-9-15-14(13(2)3)8-12-16-10-6-7-11-16/h4-5,8-9,12-13H,1,6-7,10-11H2,2-3H3/b9-5-,12-8+,15-14-. The van der Waals surface area contributed by atoms with E-state index in [-0.39, 0.29) is 0 Å². The SMILES string of the molecule is C=C\C=C/N=C(/C=C/N1CCCC1)C(C)C. The summed E-state index contributed by atoms with van der Waals surface area (Å²) >= 11 is 0. The second kappa shape index (κ2) is 7.04. The summed E-state index contributed by atoms with van der Waals surface area (Å²) in [5.74, 6) is 0.452. The van der Waals surface area contributed by atoms with Crippen molar-refractivity contribution in [1.29, 1.82) is 0 Å². The van der Waals surface area contributed by atoms with Crippen LogP contribution in [0.25, 0.3) is 0 Å². The Bertz CT molecular complexity index is 292. The van der Waals surface area contributed by atoms with Crippen molar-refractivity contribution in [2.45, 2.75) is 26.7 Å². The summed E-state index contributed by atoms with van der Waals surface area (Å²) in [6.45, 7) is 10.3. The molecular formula is C14H22N2. The Morgan fingerprint density at radius 2 is 2.00 bits per heavy atom. The zero-order valence-electron chi connectivity index (χ0n) is 10.4. The first-order valence-electron chi connectivity index (χ1n) is 6.01. The highest BCUT2D eigenvalue weighted by Crippen LogP contribution is 2.08. The van der Waals surface area contributed by atoms with E-state index in [1.165, 1.54) is 25.9 Å². The van der Waals surface area contributed by atoms with Gasteiger partial charge in [0.05, 0.1) is 0 Å². The minimum Gasteiger partial charge on any atom is -0.377 e. The third-order valence-corrected chi connectivity index (χ3v) is 2.63. The summed E-state index contributed by atoms with van der Waals surface area (Å²) in [6.07, 6.45) is 12.3. The van der Waals surface area contributed by atoms with E-state index in [2.05, 4.69) is 42.6 Å². The molecule has 0 atom stereocenters. The highest BCUT2D eigenvalue weighted by molar-refractivity contribution is 5.96. The van der Waals surface area contributed by atoms with Crippen LogP contribution in [-0.4, -0.2) is 23.7 Å². The van der Waals surface area contributed by atoms with Gasteiger partial charge in [-0.3, -0.25) is 4.99 Å². The molecule has 16 heavy (non-hydrogen) atoms. The van der Waals surface area contributed by atoms with E-state index in [0.29, 0.717) is 5.92 Å². The van der Waals surface area contributed by atoms with E-state index in [9.17, 15) is 0 Å². The van der Waals surface area contributed by atoms with E-state index in [4.69, 9.17) is 0 Å². The van der Waals surface area contributed by atoms with Crippen LogP contribution in [-0.2, 0) is 0 Å². The van der Waals surface area contributed by atoms with Gasteiger partial charge in [-0.1, -0.05) is 26.5 Å². The quantitative estimate of drug-likeness (QED) is 0.510. The maximum absolute atomic E-state index is 4.43. The fraction of sp³-hybridized carbons (Fsp3) is 0.500. The van der Waals surface area contributed by atoms with Gasteiger partial charge in [0, 0.05) is 31.2 Å². The second-order valence-electron chi connectivity index (χ2n) is 4.34. The predicted molar refractivity (Wildman–Crippen MR) is 71.6 cm³/mol. The molecule has 1 aliphatic rings. The molecule has 2 nitrogen and oxygen atoms in total. The number of hydrogen-bond donors (Lipinski definition) is 0. The van der Waals surface area contributed by atoms with Crippen molar-refractivity contribution in [3.8, 4) is 0 Å². The van der Waals surface area contributed by atoms with Crippen molar-refractivity contribution in [1.82, 2.24) is 4.90 Å². The number of allylic oxidation sites excluding steroid dienone is 3. The van der Waals surface area contributed by atoms with Gasteiger partial charge < -0.3 is 4.90 Å². The predicted octanol–water partition coefficient (Wildman–Crippen LogP) is 3.39. The van der Waals surface area contributed by atoms with Gasteiger partial charge in [-0.15, -0.1) is 0 Å². The largest absolute Gasteiger partial charge is 0.377 e. The first-order valence-corrected chi connectivity index (χ1v) is 6.01. The minimum atomic E-state index is 0.452. The zero-order valence-corrected chi connectivity index (χ0v) is 10.4. The topological polar surface area (TPSA) is 15.6 Å². The Morgan fingerprint density at radius 1 is 1.31 bits per heavy atom. The van der Waals surface area contributed by atoms with Crippen LogP contribution in [0.1, 0.15) is 26.7 Å². The molecule has 1 rings (SSSR count). The van der Waals surface area contributed by atoms with Crippen LogP contribution in [0.5, 0.6) is 0 Å². The van der Waals surface area contributed by atoms with Crippen molar-refractivity contribution >= 4 is 5.71 Å². The van der Waals surface area contributed by atoms with Crippen LogP contribution in [0.4, 0.5) is 0 Å². The van der Waals surface area contributed by atoms with Crippen molar-refractivity contribution in [2.24, 2.45) is 10.9 Å². The van der Waals surface area contributed by atoms with Gasteiger partial charge in [0.15, 0.2) is 0 Å². The number of aliphatic imine (C=N–C) groups is 1. The molecular weight excluding hydrogens is 196 g/mol. The number of nitrogens with zero attached hydrogens (tertiary/aromatic N) is 2. The second-order valence-corrected chi connectivity index (χ2v) is 4.34. The van der Waals surface area contributed by atoms with Gasteiger partial charge in [0.1, 0.15) is 0 Å². The highest BCUT2D eigenvalue weighted by atomic mass is 15.1. The zero-order chi connectivity index (χ0) is 11.8. The fourth-order valence-electron chi connectivity index (χ4n) is 1.65. The maximum atomic E-state index is 4.43. The lowest BCUT2D eigenvalue weighted by Crippen LogP contribution is -2.12. The lowest BCUT2D eigenvalue weighted by Gasteiger charge is -2.11. The molecule has 0 bridgehead atoms. The van der Waals surface area contributed by atoms with Gasteiger partial charge in [-0.05, 0) is 30.9 Å². The van der Waals surface area contributed by atoms with Gasteiger partial charge in [0.25, 0.3) is 0 Å². The number of rotatable bonds is 5. The minimum absolute atomic E-state index is 0.452. The Balaban J connectivity index is 2.59. The average Bonchev–Trinajstić information content (AvgIpc) is 2.75. The normalized spacial score (nSPS) is 18.2. The van der Waals surface area contributed by atoms with E-state index in [1.807, 2.05) is 6.08 Å². The summed E-state index contributed by atoms with van der Waals surface area (Å²) < 4.78 is 0. The van der Waals surface area contributed by atoms with Gasteiger partial charge >= 0.3 is 0 Å². The molecule has 0 aromatic heterocycles. The molecule has 88 valence electrons. The lowest BCUT2D eigenvalue weighted by molar-refractivity contribution is 0.468. The van der Waals surface area contributed by atoms with E-state index in [1.54, 1.807) is 12.3 Å². The molecule has 1 aliphatic heterocycles. The molecule has 2 heteroatoms. The molecule has 0 aliphatic carbocycles. The Kier molecular flexibility index (Phi) is 5.62. The molecule has 0 saturated carbocycles. The van der Waals surface area contributed by atoms with Gasteiger partial charge in [-0.25, -0.2) is 0 Å². The lowest BCUT2D eigenvalue weighted by atomic mass is 10.1. The molecule has 1 fully saturated rings. The molecule has 0 aromatic rings. The smallest absolute Gasteiger partial charge is 0.0443 e. The van der Waals surface area contributed by atoms with Crippen molar-refractivity contribution in [3.05, 3.63) is 37.2 Å². The molecule has 0 radical (unpaired) electrons. The molecule has 0 aromatic carbocycles. The first-order chi connectivity index (χ1) is 7.74. The van der Waals surface area contributed by atoms with Crippen LogP contribution >= 0.6 is 0 Å². The van der Waals surface area contributed by atoms with Crippen LogP contribution in [0, 0.1) is 5.92 Å². The number of likely N-dealkylation sites (tertiary alicyclic amines) is 1. The first kappa shape index (κ1) is 12.8. The van der Waals surface area contributed by atoms with Crippen LogP contribution in [0.3, 0.4) is 0 Å². The third kappa shape index (κ3) is 4.47. The van der Waals surface area contributed by atoms with Gasteiger partial charge in [-0.2, -0.15) is 0 Å². The number of hydrogen-bond acceptors (Lipinski definition) is 2. The molecule has 0 amide bonds. The Morgan fingerprint density at radius 3 is 2.56 bits per heavy atom. The van der Waals surface area contributed by atoms with E-state index in [0.717, 1.165) is 5.71 Å². The van der Waals surface area contributed by atoms with Gasteiger partial charge in [0.2, 0.25) is 0 Å².